The Morgan fingerprint density at radius 1 is 1.26 bits per heavy atom. The molecule has 1 saturated carbocycles. The van der Waals surface area contributed by atoms with Crippen LogP contribution in [0.25, 0.3) is 0 Å². The molecule has 5 nitrogen and oxygen atoms in total. The molecular weight excluding hydrogens is 240 g/mol. The third-order valence-corrected chi connectivity index (χ3v) is 4.81. The van der Waals surface area contributed by atoms with Crippen molar-refractivity contribution < 1.29 is 4.79 Å². The van der Waals surface area contributed by atoms with E-state index in [1.54, 1.807) is 0 Å². The third-order valence-electron chi connectivity index (χ3n) is 4.81. The SMILES string of the molecule is CCC1(CNC(=O)NC[C@H]2CN(C)CCN2C)CC1. The molecule has 5 heteroatoms. The Balaban J connectivity index is 1.65. The van der Waals surface area contributed by atoms with Gasteiger partial charge in [-0.25, -0.2) is 4.79 Å². The zero-order valence-corrected chi connectivity index (χ0v) is 12.5. The van der Waals surface area contributed by atoms with Crippen molar-refractivity contribution in [2.45, 2.75) is 32.2 Å². The number of carbonyl (C=O) groups excluding carboxylic acids is 1. The van der Waals surface area contributed by atoms with E-state index in [0.29, 0.717) is 11.5 Å². The fraction of sp³-hybridized carbons (Fsp3) is 0.929. The van der Waals surface area contributed by atoms with Crippen molar-refractivity contribution in [1.29, 1.82) is 0 Å². The van der Waals surface area contributed by atoms with E-state index in [4.69, 9.17) is 0 Å². The summed E-state index contributed by atoms with van der Waals surface area (Å²) < 4.78 is 0. The summed E-state index contributed by atoms with van der Waals surface area (Å²) in [7, 11) is 4.27. The van der Waals surface area contributed by atoms with E-state index in [9.17, 15) is 4.79 Å². The van der Waals surface area contributed by atoms with Gasteiger partial charge in [0.25, 0.3) is 0 Å². The average Bonchev–Trinajstić information content (AvgIpc) is 3.18. The van der Waals surface area contributed by atoms with Gasteiger partial charge in [-0.1, -0.05) is 6.92 Å². The monoisotopic (exact) mass is 268 g/mol. The number of carbonyl (C=O) groups is 1. The second kappa shape index (κ2) is 6.09. The molecule has 0 aromatic heterocycles. The van der Waals surface area contributed by atoms with E-state index in [0.717, 1.165) is 32.7 Å². The standard InChI is InChI=1S/C14H28N4O/c1-4-14(5-6-14)11-16-13(19)15-9-12-10-17(2)7-8-18(12)3/h12H,4-11H2,1-3H3,(H2,15,16,19)/t12-/m0/s1. The number of nitrogens with zero attached hydrogens (tertiary/aromatic N) is 2. The van der Waals surface area contributed by atoms with Gasteiger partial charge >= 0.3 is 6.03 Å². The van der Waals surface area contributed by atoms with Gasteiger partial charge in [-0.3, -0.25) is 4.90 Å². The van der Waals surface area contributed by atoms with E-state index >= 15 is 0 Å². The third kappa shape index (κ3) is 4.08. The van der Waals surface area contributed by atoms with Crippen LogP contribution in [0.5, 0.6) is 0 Å². The number of nitrogens with one attached hydrogen (secondary N) is 2. The Labute approximate surface area is 116 Å². The molecule has 0 spiro atoms. The van der Waals surface area contributed by atoms with Gasteiger partial charge in [-0.2, -0.15) is 0 Å². The predicted octanol–water partition coefficient (Wildman–Crippen LogP) is 0.722. The number of piperazine rings is 1. The first-order valence-electron chi connectivity index (χ1n) is 7.45. The van der Waals surface area contributed by atoms with Crippen molar-refractivity contribution in [3.63, 3.8) is 0 Å². The normalized spacial score (nSPS) is 27.0. The first-order valence-corrected chi connectivity index (χ1v) is 7.45. The van der Waals surface area contributed by atoms with Gasteiger partial charge in [0.15, 0.2) is 0 Å². The summed E-state index contributed by atoms with van der Waals surface area (Å²) in [6, 6.07) is 0.409. The Morgan fingerprint density at radius 2 is 2.00 bits per heavy atom. The molecule has 1 saturated heterocycles. The molecule has 0 aromatic carbocycles. The highest BCUT2D eigenvalue weighted by Crippen LogP contribution is 2.47. The fourth-order valence-corrected chi connectivity index (χ4v) is 2.69. The van der Waals surface area contributed by atoms with Crippen molar-refractivity contribution in [2.24, 2.45) is 5.41 Å². The number of urea groups is 1. The number of hydrogen-bond donors (Lipinski definition) is 2. The highest BCUT2D eigenvalue weighted by atomic mass is 16.2. The molecule has 0 unspecified atom stereocenters. The molecule has 0 aromatic rings. The topological polar surface area (TPSA) is 47.6 Å². The van der Waals surface area contributed by atoms with Crippen LogP contribution >= 0.6 is 0 Å². The van der Waals surface area contributed by atoms with Crippen LogP contribution in [-0.4, -0.2) is 68.7 Å². The average molecular weight is 268 g/mol. The highest BCUT2D eigenvalue weighted by molar-refractivity contribution is 5.73. The Kier molecular flexibility index (Phi) is 4.68. The van der Waals surface area contributed by atoms with Crippen LogP contribution in [0.3, 0.4) is 0 Å². The lowest BCUT2D eigenvalue weighted by Crippen LogP contribution is -2.55. The van der Waals surface area contributed by atoms with E-state index in [1.807, 2.05) is 0 Å². The number of amides is 2. The summed E-state index contributed by atoms with van der Waals surface area (Å²) in [6.07, 6.45) is 3.70. The summed E-state index contributed by atoms with van der Waals surface area (Å²) in [5, 5.41) is 6.03. The van der Waals surface area contributed by atoms with Gasteiger partial charge < -0.3 is 15.5 Å². The number of hydrogen-bond acceptors (Lipinski definition) is 3. The van der Waals surface area contributed by atoms with E-state index in [-0.39, 0.29) is 6.03 Å². The van der Waals surface area contributed by atoms with E-state index < -0.39 is 0 Å². The van der Waals surface area contributed by atoms with Crippen molar-refractivity contribution in [3.05, 3.63) is 0 Å². The molecule has 1 aliphatic heterocycles. The first-order chi connectivity index (χ1) is 9.04. The second-order valence-electron chi connectivity index (χ2n) is 6.31. The molecule has 2 N–H and O–H groups in total. The summed E-state index contributed by atoms with van der Waals surface area (Å²) in [5.41, 5.74) is 0.416. The number of rotatable bonds is 5. The smallest absolute Gasteiger partial charge is 0.314 e. The minimum absolute atomic E-state index is 0.0126. The number of likely N-dealkylation sites (N-methyl/N-ethyl adjacent to an activating group) is 2. The zero-order valence-electron chi connectivity index (χ0n) is 12.5. The summed E-state index contributed by atoms with van der Waals surface area (Å²) in [5.74, 6) is 0. The van der Waals surface area contributed by atoms with Crippen molar-refractivity contribution >= 4 is 6.03 Å². The van der Waals surface area contributed by atoms with Crippen molar-refractivity contribution in [2.75, 3.05) is 46.8 Å². The van der Waals surface area contributed by atoms with Crippen LogP contribution < -0.4 is 10.6 Å². The second-order valence-corrected chi connectivity index (χ2v) is 6.31. The quantitative estimate of drug-likeness (QED) is 0.772. The van der Waals surface area contributed by atoms with Gasteiger partial charge in [0, 0.05) is 38.8 Å². The maximum Gasteiger partial charge on any atom is 0.314 e. The molecule has 0 bridgehead atoms. The van der Waals surface area contributed by atoms with Crippen molar-refractivity contribution in [1.82, 2.24) is 20.4 Å². The molecule has 1 atom stereocenters. The molecule has 2 aliphatic rings. The van der Waals surface area contributed by atoms with Gasteiger partial charge in [0.2, 0.25) is 0 Å². The Bertz CT molecular complexity index is 317. The van der Waals surface area contributed by atoms with E-state index in [1.165, 1.54) is 19.3 Å². The lowest BCUT2D eigenvalue weighted by atomic mass is 10.0. The molecular formula is C14H28N4O. The molecule has 19 heavy (non-hydrogen) atoms. The Morgan fingerprint density at radius 3 is 2.63 bits per heavy atom. The van der Waals surface area contributed by atoms with Crippen LogP contribution in [0.2, 0.25) is 0 Å². The van der Waals surface area contributed by atoms with Crippen LogP contribution in [-0.2, 0) is 0 Å². The zero-order chi connectivity index (χ0) is 13.9. The minimum atomic E-state index is -0.0126. The molecule has 2 rings (SSSR count). The summed E-state index contributed by atoms with van der Waals surface area (Å²) in [6.45, 7) is 6.97. The lowest BCUT2D eigenvalue weighted by Gasteiger charge is -2.37. The van der Waals surface area contributed by atoms with Crippen LogP contribution in [0.1, 0.15) is 26.2 Å². The fourth-order valence-electron chi connectivity index (χ4n) is 2.69. The molecule has 2 fully saturated rings. The molecule has 1 aliphatic carbocycles. The van der Waals surface area contributed by atoms with Crippen LogP contribution in [0.15, 0.2) is 0 Å². The maximum absolute atomic E-state index is 11.8. The first kappa shape index (κ1) is 14.6. The lowest BCUT2D eigenvalue weighted by molar-refractivity contribution is 0.114. The largest absolute Gasteiger partial charge is 0.338 e. The molecule has 110 valence electrons. The van der Waals surface area contributed by atoms with E-state index in [2.05, 4.69) is 41.5 Å². The van der Waals surface area contributed by atoms with Gasteiger partial charge in [0.1, 0.15) is 0 Å². The maximum atomic E-state index is 11.8. The molecule has 2 amide bonds. The molecule has 0 radical (unpaired) electrons. The predicted molar refractivity (Wildman–Crippen MR) is 77.3 cm³/mol. The van der Waals surface area contributed by atoms with Crippen molar-refractivity contribution in [3.8, 4) is 0 Å². The van der Waals surface area contributed by atoms with Crippen LogP contribution in [0.4, 0.5) is 4.79 Å². The highest BCUT2D eigenvalue weighted by Gasteiger charge is 2.40. The van der Waals surface area contributed by atoms with Gasteiger partial charge in [0.05, 0.1) is 0 Å². The summed E-state index contributed by atoms with van der Waals surface area (Å²) >= 11 is 0. The summed E-state index contributed by atoms with van der Waals surface area (Å²) in [4.78, 5) is 16.5. The van der Waals surface area contributed by atoms with Gasteiger partial charge in [-0.15, -0.1) is 0 Å². The molecule has 1 heterocycles. The van der Waals surface area contributed by atoms with Gasteiger partial charge in [-0.05, 0) is 38.8 Å². The Hall–Kier alpha value is -0.810. The van der Waals surface area contributed by atoms with Crippen LogP contribution in [0, 0.1) is 5.41 Å². The minimum Gasteiger partial charge on any atom is -0.338 e.